The van der Waals surface area contributed by atoms with Gasteiger partial charge < -0.3 is 15.2 Å². The van der Waals surface area contributed by atoms with Crippen LogP contribution < -0.4 is 10.1 Å². The molecule has 0 bridgehead atoms. The van der Waals surface area contributed by atoms with Crippen LogP contribution in [0.2, 0.25) is 0 Å². The lowest BCUT2D eigenvalue weighted by Crippen LogP contribution is -2.48. The Kier molecular flexibility index (Phi) is 6.39. The first kappa shape index (κ1) is 21.8. The van der Waals surface area contributed by atoms with Gasteiger partial charge in [0.05, 0.1) is 6.04 Å². The van der Waals surface area contributed by atoms with E-state index in [0.717, 1.165) is 38.8 Å². The average molecular weight is 436 g/mol. The van der Waals surface area contributed by atoms with E-state index in [4.69, 9.17) is 14.6 Å². The number of rotatable bonds is 2. The Hall–Kier alpha value is -1.85. The van der Waals surface area contributed by atoms with Crippen LogP contribution in [0.1, 0.15) is 25.7 Å². The maximum atomic E-state index is 13.2. The number of hydrogen-bond acceptors (Lipinski definition) is 5. The van der Waals surface area contributed by atoms with Crippen molar-refractivity contribution in [3.05, 3.63) is 24.3 Å². The number of nitrogens with one attached hydrogen (secondary N) is 1. The molecule has 0 aromatic heterocycles. The molecule has 2 aliphatic heterocycles. The van der Waals surface area contributed by atoms with E-state index in [1.54, 1.807) is 22.5 Å². The van der Waals surface area contributed by atoms with Crippen LogP contribution >= 0.6 is 0 Å². The molecular weight excluding hydrogens is 413 g/mol. The third kappa shape index (κ3) is 5.20. The van der Waals surface area contributed by atoms with E-state index in [2.05, 4.69) is 5.32 Å². The fraction of sp³-hybridized carbons (Fsp3) is 0.611. The fourth-order valence-corrected chi connectivity index (χ4v) is 5.36. The predicted molar refractivity (Wildman–Crippen MR) is 97.1 cm³/mol. The fourth-order valence-electron chi connectivity index (χ4n) is 3.48. The van der Waals surface area contributed by atoms with Crippen molar-refractivity contribution in [1.29, 1.82) is 0 Å². The van der Waals surface area contributed by atoms with Gasteiger partial charge in [-0.2, -0.15) is 17.5 Å². The first-order valence-corrected chi connectivity index (χ1v) is 10.8. The van der Waals surface area contributed by atoms with Crippen molar-refractivity contribution in [2.75, 3.05) is 19.6 Å². The molecule has 1 saturated carbocycles. The minimum atomic E-state index is -5.08. The number of alkyl halides is 3. The molecule has 1 saturated heterocycles. The number of carbonyl (C=O) groups is 1. The van der Waals surface area contributed by atoms with Gasteiger partial charge in [0.25, 0.3) is 0 Å². The molecule has 162 valence electrons. The van der Waals surface area contributed by atoms with Gasteiger partial charge in [-0.25, -0.2) is 13.2 Å². The summed E-state index contributed by atoms with van der Waals surface area (Å²) >= 11 is 0. The molecule has 0 amide bonds. The maximum absolute atomic E-state index is 13.2. The number of carboxylic acids is 1. The van der Waals surface area contributed by atoms with Crippen molar-refractivity contribution < 1.29 is 36.2 Å². The summed E-state index contributed by atoms with van der Waals surface area (Å²) in [6.45, 7) is 2.36. The molecule has 0 radical (unpaired) electrons. The minimum Gasteiger partial charge on any atom is -0.487 e. The number of sulfonamides is 1. The van der Waals surface area contributed by atoms with Gasteiger partial charge in [0.2, 0.25) is 10.0 Å². The number of benzene rings is 1. The van der Waals surface area contributed by atoms with Crippen molar-refractivity contribution in [1.82, 2.24) is 9.62 Å². The quantitative estimate of drug-likeness (QED) is 0.738. The van der Waals surface area contributed by atoms with Crippen molar-refractivity contribution in [3.8, 4) is 5.75 Å². The highest BCUT2D eigenvalue weighted by molar-refractivity contribution is 7.89. The standard InChI is InChI=1S/C16H22N2O3S.C2HF3O2/c19-22(20)16-4-2-1-3-15(16)21-14-8-10-17-9-7-13(14)18(22)11-12-5-6-12;3-2(4,5)1(6)7/h1-4,12-14,17H,5-11H2;(H,6,7)/t13-,14-;/m0./s1. The number of hydrogen-bond donors (Lipinski definition) is 2. The monoisotopic (exact) mass is 436 g/mol. The zero-order valence-corrected chi connectivity index (χ0v) is 16.4. The predicted octanol–water partition coefficient (Wildman–Crippen LogP) is 2.23. The highest BCUT2D eigenvalue weighted by Crippen LogP contribution is 2.39. The van der Waals surface area contributed by atoms with Gasteiger partial charge in [0.15, 0.2) is 0 Å². The van der Waals surface area contributed by atoms with E-state index in [1.165, 1.54) is 0 Å². The lowest BCUT2D eigenvalue weighted by molar-refractivity contribution is -0.192. The summed E-state index contributed by atoms with van der Waals surface area (Å²) in [5.74, 6) is -1.72. The summed E-state index contributed by atoms with van der Waals surface area (Å²) in [6.07, 6.45) is -1.21. The molecule has 3 aliphatic rings. The molecule has 2 fully saturated rings. The summed E-state index contributed by atoms with van der Waals surface area (Å²) in [7, 11) is -3.48. The van der Waals surface area contributed by atoms with E-state index in [9.17, 15) is 21.6 Å². The summed E-state index contributed by atoms with van der Waals surface area (Å²) < 4.78 is 66.0. The second-order valence-electron chi connectivity index (χ2n) is 7.32. The number of fused-ring (bicyclic) bond motifs is 2. The highest BCUT2D eigenvalue weighted by Gasteiger charge is 2.44. The Morgan fingerprint density at radius 2 is 1.79 bits per heavy atom. The number of ether oxygens (including phenoxy) is 1. The Morgan fingerprint density at radius 3 is 2.41 bits per heavy atom. The SMILES string of the molecule is O=C(O)C(F)(F)F.O=S1(=O)c2ccccc2O[C@H]2CCNCC[C@@H]2N1CC1CC1. The molecule has 4 rings (SSSR count). The smallest absolute Gasteiger partial charge is 0.487 e. The van der Waals surface area contributed by atoms with Crippen LogP contribution in [0.5, 0.6) is 5.75 Å². The summed E-state index contributed by atoms with van der Waals surface area (Å²) in [4.78, 5) is 9.23. The second kappa shape index (κ2) is 8.49. The lowest BCUT2D eigenvalue weighted by atomic mass is 10.1. The van der Waals surface area contributed by atoms with Crippen LogP contribution in [-0.2, 0) is 14.8 Å². The minimum absolute atomic E-state index is 0.0620. The van der Waals surface area contributed by atoms with Gasteiger partial charge in [-0.1, -0.05) is 12.1 Å². The van der Waals surface area contributed by atoms with Crippen LogP contribution in [0.4, 0.5) is 13.2 Å². The van der Waals surface area contributed by atoms with Gasteiger partial charge in [-0.15, -0.1) is 0 Å². The van der Waals surface area contributed by atoms with E-state index in [1.807, 2.05) is 6.07 Å². The molecule has 2 atom stereocenters. The molecule has 11 heteroatoms. The maximum Gasteiger partial charge on any atom is 0.490 e. The Bertz CT molecular complexity index is 842. The van der Waals surface area contributed by atoms with Crippen molar-refractivity contribution in [2.45, 2.75) is 48.9 Å². The average Bonchev–Trinajstić information content (AvgIpc) is 3.47. The number of halogens is 3. The van der Waals surface area contributed by atoms with E-state index < -0.39 is 22.2 Å². The first-order valence-electron chi connectivity index (χ1n) is 9.39. The molecule has 1 aromatic rings. The number of aliphatic carboxylic acids is 1. The number of carboxylic acid groups (broad SMARTS) is 1. The molecule has 0 unspecified atom stereocenters. The Labute approximate surface area is 166 Å². The van der Waals surface area contributed by atoms with E-state index in [-0.39, 0.29) is 12.1 Å². The van der Waals surface area contributed by atoms with Crippen LogP contribution in [0.25, 0.3) is 0 Å². The van der Waals surface area contributed by atoms with Gasteiger partial charge in [0.1, 0.15) is 16.7 Å². The van der Waals surface area contributed by atoms with Crippen molar-refractivity contribution >= 4 is 16.0 Å². The van der Waals surface area contributed by atoms with Crippen LogP contribution in [0.15, 0.2) is 29.2 Å². The normalized spacial score (nSPS) is 26.4. The number of para-hydroxylation sites is 1. The molecule has 2 heterocycles. The summed E-state index contributed by atoms with van der Waals surface area (Å²) in [5.41, 5.74) is 0. The number of nitrogens with zero attached hydrogens (tertiary/aromatic N) is 1. The molecule has 7 nitrogen and oxygen atoms in total. The van der Waals surface area contributed by atoms with Gasteiger partial charge >= 0.3 is 12.1 Å². The van der Waals surface area contributed by atoms with Gasteiger partial charge in [-0.05, 0) is 56.8 Å². The molecular formula is C18H23F3N2O5S. The first-order chi connectivity index (χ1) is 13.6. The van der Waals surface area contributed by atoms with Crippen molar-refractivity contribution in [2.24, 2.45) is 5.92 Å². The van der Waals surface area contributed by atoms with E-state index in [0.29, 0.717) is 23.1 Å². The molecule has 2 N–H and O–H groups in total. The second-order valence-corrected chi connectivity index (χ2v) is 9.18. The van der Waals surface area contributed by atoms with Crippen LogP contribution in [0, 0.1) is 5.92 Å². The lowest BCUT2D eigenvalue weighted by Gasteiger charge is -2.31. The molecule has 0 spiro atoms. The zero-order chi connectivity index (χ0) is 21.2. The summed E-state index contributed by atoms with van der Waals surface area (Å²) in [5, 5.41) is 10.5. The van der Waals surface area contributed by atoms with Crippen LogP contribution in [0.3, 0.4) is 0 Å². The highest BCUT2D eigenvalue weighted by atomic mass is 32.2. The third-order valence-corrected chi connectivity index (χ3v) is 7.04. The topological polar surface area (TPSA) is 95.9 Å². The molecule has 1 aromatic carbocycles. The summed E-state index contributed by atoms with van der Waals surface area (Å²) in [6, 6.07) is 7.01. The zero-order valence-electron chi connectivity index (χ0n) is 15.6. The van der Waals surface area contributed by atoms with Gasteiger partial charge in [0, 0.05) is 6.54 Å². The molecule has 29 heavy (non-hydrogen) atoms. The van der Waals surface area contributed by atoms with E-state index >= 15 is 0 Å². The van der Waals surface area contributed by atoms with Crippen LogP contribution in [-0.4, -0.2) is 61.8 Å². The van der Waals surface area contributed by atoms with Crippen molar-refractivity contribution in [3.63, 3.8) is 0 Å². The third-order valence-electron chi connectivity index (χ3n) is 5.11. The largest absolute Gasteiger partial charge is 0.490 e. The molecule has 1 aliphatic carbocycles. The Morgan fingerprint density at radius 1 is 1.17 bits per heavy atom. The Balaban J connectivity index is 0.000000298. The van der Waals surface area contributed by atoms with Gasteiger partial charge in [-0.3, -0.25) is 0 Å².